The second kappa shape index (κ2) is 15.6. The van der Waals surface area contributed by atoms with Gasteiger partial charge in [0.25, 0.3) is 0 Å². The van der Waals surface area contributed by atoms with Crippen molar-refractivity contribution in [3.63, 3.8) is 0 Å². The highest BCUT2D eigenvalue weighted by molar-refractivity contribution is 9.09. The van der Waals surface area contributed by atoms with Crippen LogP contribution in [-0.4, -0.2) is 110 Å². The molecule has 0 atom stereocenters. The van der Waals surface area contributed by atoms with Crippen LogP contribution in [0.2, 0.25) is 0 Å². The normalized spacial score (nSPS) is 22.7. The number of halogens is 1. The van der Waals surface area contributed by atoms with Crippen molar-refractivity contribution in [1.82, 2.24) is 29.8 Å². The Hall–Kier alpha value is -2.19. The lowest BCUT2D eigenvalue weighted by Gasteiger charge is -2.32. The topological polar surface area (TPSA) is 124 Å². The summed E-state index contributed by atoms with van der Waals surface area (Å²) in [5.41, 5.74) is 0.482. The molecule has 2 aromatic rings. The molecule has 15 heteroatoms. The Morgan fingerprint density at radius 1 is 0.723 bits per heavy atom. The van der Waals surface area contributed by atoms with Crippen LogP contribution in [0.3, 0.4) is 0 Å². The highest BCUT2D eigenvalue weighted by atomic mass is 79.9. The second-order valence-corrected chi connectivity index (χ2v) is 15.3. The Kier molecular flexibility index (Phi) is 12.5. The number of amides is 2. The third-order valence-corrected chi connectivity index (χ3v) is 10.5. The Balaban J connectivity index is 0.000000177. The zero-order valence-corrected chi connectivity index (χ0v) is 31.1. The maximum absolute atomic E-state index is 12.3. The van der Waals surface area contributed by atoms with Crippen molar-refractivity contribution in [1.29, 1.82) is 0 Å². The van der Waals surface area contributed by atoms with Crippen LogP contribution in [0, 0.1) is 0 Å². The van der Waals surface area contributed by atoms with Gasteiger partial charge in [-0.25, -0.2) is 0 Å². The lowest BCUT2D eigenvalue weighted by molar-refractivity contribution is -0.133. The van der Waals surface area contributed by atoms with Gasteiger partial charge in [0.15, 0.2) is 0 Å². The van der Waals surface area contributed by atoms with Crippen molar-refractivity contribution in [2.45, 2.75) is 123 Å². The van der Waals surface area contributed by atoms with Crippen LogP contribution in [0.1, 0.15) is 93.9 Å². The first kappa shape index (κ1) is 37.6. The summed E-state index contributed by atoms with van der Waals surface area (Å²) in [6.07, 6.45) is 14.2. The first-order chi connectivity index (χ1) is 22.0. The lowest BCUT2D eigenvalue weighted by Crippen LogP contribution is -2.41. The van der Waals surface area contributed by atoms with Crippen LogP contribution in [0.5, 0.6) is 0 Å². The van der Waals surface area contributed by atoms with Gasteiger partial charge in [0.2, 0.25) is 11.8 Å². The van der Waals surface area contributed by atoms with Gasteiger partial charge < -0.3 is 28.4 Å². The lowest BCUT2D eigenvalue weighted by atomic mass is 9.82. The molecule has 0 aliphatic carbocycles. The summed E-state index contributed by atoms with van der Waals surface area (Å²) in [6, 6.07) is 0. The fourth-order valence-corrected chi connectivity index (χ4v) is 5.90. The number of hydrogen-bond donors (Lipinski definition) is 1. The van der Waals surface area contributed by atoms with Crippen LogP contribution < -0.4 is 10.9 Å². The predicted octanol–water partition coefficient (Wildman–Crippen LogP) is 3.30. The first-order valence-corrected chi connectivity index (χ1v) is 18.0. The van der Waals surface area contributed by atoms with Crippen LogP contribution >= 0.6 is 15.9 Å². The molecule has 6 rings (SSSR count). The number of nitrogens with one attached hydrogen (secondary N) is 1. The minimum absolute atomic E-state index is 0.133. The SMILES string of the molecule is CC1(C)OB(c2cn[nH]c2)OC1(C)C.CC1(C)OB(c2cnn(CC(=O)N3CCCCC3)c2)OC1(C)C.O=C(CBr)N1CCCCC1. The van der Waals surface area contributed by atoms with E-state index in [1.807, 2.05) is 71.4 Å². The third-order valence-electron chi connectivity index (χ3n) is 10.1. The number of aromatic nitrogens is 4. The molecule has 0 aromatic carbocycles. The number of piperidine rings is 2. The number of nitrogens with zero attached hydrogens (tertiary/aromatic N) is 5. The number of rotatable bonds is 5. The molecule has 2 aromatic heterocycles. The molecule has 2 amide bonds. The van der Waals surface area contributed by atoms with Gasteiger partial charge in [-0.15, -0.1) is 0 Å². The largest absolute Gasteiger partial charge is 0.498 e. The molecular formula is C32H53B2BrN6O6. The maximum atomic E-state index is 12.3. The van der Waals surface area contributed by atoms with E-state index in [-0.39, 0.29) is 47.9 Å². The quantitative estimate of drug-likeness (QED) is 0.369. The van der Waals surface area contributed by atoms with E-state index in [4.69, 9.17) is 18.6 Å². The minimum Gasteiger partial charge on any atom is -0.399 e. The molecule has 47 heavy (non-hydrogen) atoms. The van der Waals surface area contributed by atoms with Crippen LogP contribution in [0.15, 0.2) is 24.8 Å². The number of aromatic amines is 1. The van der Waals surface area contributed by atoms with Crippen molar-refractivity contribution in [3.8, 4) is 0 Å². The number of hydrogen-bond acceptors (Lipinski definition) is 8. The van der Waals surface area contributed by atoms with Gasteiger partial charge in [0.1, 0.15) is 6.54 Å². The van der Waals surface area contributed by atoms with Crippen molar-refractivity contribution in [2.75, 3.05) is 31.5 Å². The Morgan fingerprint density at radius 3 is 1.60 bits per heavy atom. The molecule has 4 fully saturated rings. The van der Waals surface area contributed by atoms with E-state index in [0.717, 1.165) is 49.9 Å². The van der Waals surface area contributed by atoms with Gasteiger partial charge in [0.05, 0.1) is 27.7 Å². The molecule has 0 unspecified atom stereocenters. The summed E-state index contributed by atoms with van der Waals surface area (Å²) >= 11 is 3.16. The molecule has 6 heterocycles. The van der Waals surface area contributed by atoms with Crippen molar-refractivity contribution in [2.24, 2.45) is 0 Å². The molecular weight excluding hydrogens is 666 g/mol. The van der Waals surface area contributed by atoms with Gasteiger partial charge in [-0.3, -0.25) is 19.4 Å². The minimum atomic E-state index is -0.432. The van der Waals surface area contributed by atoms with Gasteiger partial charge in [-0.05, 0) is 93.9 Å². The fraction of sp³-hybridized carbons (Fsp3) is 0.750. The summed E-state index contributed by atoms with van der Waals surface area (Å²) in [5, 5.41) is 11.4. The van der Waals surface area contributed by atoms with Gasteiger partial charge in [-0.1, -0.05) is 15.9 Å². The molecule has 4 saturated heterocycles. The third kappa shape index (κ3) is 9.49. The van der Waals surface area contributed by atoms with Crippen LogP contribution in [0.4, 0.5) is 0 Å². The van der Waals surface area contributed by atoms with Crippen molar-refractivity contribution < 1.29 is 28.2 Å². The van der Waals surface area contributed by atoms with Gasteiger partial charge >= 0.3 is 14.2 Å². The molecule has 4 aliphatic rings. The Bertz CT molecular complexity index is 1280. The summed E-state index contributed by atoms with van der Waals surface area (Å²) < 4.78 is 25.4. The average molecular weight is 719 g/mol. The van der Waals surface area contributed by atoms with Crippen LogP contribution in [-0.2, 0) is 34.8 Å². The number of carbonyl (C=O) groups excluding carboxylic acids is 2. The number of carbonyl (C=O) groups is 2. The monoisotopic (exact) mass is 718 g/mol. The molecule has 4 aliphatic heterocycles. The molecule has 260 valence electrons. The van der Waals surface area contributed by atoms with Crippen molar-refractivity contribution in [3.05, 3.63) is 24.8 Å². The molecule has 1 N–H and O–H groups in total. The summed E-state index contributed by atoms with van der Waals surface area (Å²) in [6.45, 7) is 20.2. The first-order valence-electron chi connectivity index (χ1n) is 16.9. The highest BCUT2D eigenvalue weighted by Gasteiger charge is 2.53. The smallest absolute Gasteiger partial charge is 0.399 e. The molecule has 0 bridgehead atoms. The highest BCUT2D eigenvalue weighted by Crippen LogP contribution is 2.37. The second-order valence-electron chi connectivity index (χ2n) is 14.7. The zero-order valence-electron chi connectivity index (χ0n) is 29.5. The fourth-order valence-electron chi connectivity index (χ4n) is 5.55. The molecule has 0 spiro atoms. The zero-order chi connectivity index (χ0) is 34.5. The van der Waals surface area contributed by atoms with E-state index in [1.165, 1.54) is 25.7 Å². The van der Waals surface area contributed by atoms with Crippen molar-refractivity contribution >= 4 is 52.9 Å². The van der Waals surface area contributed by atoms with E-state index >= 15 is 0 Å². The number of alkyl halides is 1. The average Bonchev–Trinajstić information content (AvgIpc) is 3.81. The standard InChI is InChI=1S/C16H26BN3O3.C9H15BN2O2.C7H12BrNO/c1-15(2)16(3,4)23-17(22-15)13-10-18-20(11-13)12-14(21)19-8-6-5-7-9-19;1-8(2)9(3,4)14-10(13-8)7-5-11-12-6-7;8-6-7(10)9-4-2-1-3-5-9/h10-11H,5-9,12H2,1-4H3;5-6H,1-4H3,(H,11,12);1-6H2. The van der Waals surface area contributed by atoms with Gasteiger partial charge in [-0.2, -0.15) is 10.2 Å². The van der Waals surface area contributed by atoms with E-state index in [1.54, 1.807) is 23.3 Å². The molecule has 12 nitrogen and oxygen atoms in total. The van der Waals surface area contributed by atoms with E-state index < -0.39 is 7.12 Å². The molecule has 0 radical (unpaired) electrons. The summed E-state index contributed by atoms with van der Waals surface area (Å²) in [4.78, 5) is 27.2. The summed E-state index contributed by atoms with van der Waals surface area (Å²) in [5.74, 6) is 0.368. The van der Waals surface area contributed by atoms with E-state index in [0.29, 0.717) is 5.33 Å². The Morgan fingerprint density at radius 2 is 1.17 bits per heavy atom. The Labute approximate surface area is 289 Å². The summed E-state index contributed by atoms with van der Waals surface area (Å²) in [7, 11) is -0.738. The van der Waals surface area contributed by atoms with E-state index in [9.17, 15) is 9.59 Å². The number of H-pyrrole nitrogens is 1. The van der Waals surface area contributed by atoms with E-state index in [2.05, 4.69) is 31.2 Å². The predicted molar refractivity (Wildman–Crippen MR) is 187 cm³/mol. The maximum Gasteiger partial charge on any atom is 0.498 e. The van der Waals surface area contributed by atoms with Gasteiger partial charge in [0, 0.05) is 61.9 Å². The van der Waals surface area contributed by atoms with Crippen LogP contribution in [0.25, 0.3) is 0 Å². The molecule has 0 saturated carbocycles. The number of likely N-dealkylation sites (tertiary alicyclic amines) is 2.